The van der Waals surface area contributed by atoms with Gasteiger partial charge in [0.2, 0.25) is 0 Å². The molecule has 1 fully saturated rings. The fourth-order valence-corrected chi connectivity index (χ4v) is 3.36. The Morgan fingerprint density at radius 2 is 2.10 bits per heavy atom. The Hall–Kier alpha value is -3.23. The lowest BCUT2D eigenvalue weighted by Gasteiger charge is -2.34. The molecular formula is C20H25N7O2. The maximum Gasteiger partial charge on any atom is 0.410 e. The number of ether oxygens (including phenoxy) is 1. The lowest BCUT2D eigenvalue weighted by Crippen LogP contribution is -2.47. The van der Waals surface area contributed by atoms with E-state index in [9.17, 15) is 4.79 Å². The number of anilines is 1. The van der Waals surface area contributed by atoms with E-state index in [4.69, 9.17) is 4.74 Å². The number of amides is 1. The fraction of sp³-hybridized carbons (Fsp3) is 0.450. The number of likely N-dealkylation sites (tertiary alicyclic amines) is 1. The van der Waals surface area contributed by atoms with Crippen LogP contribution in [0.15, 0.2) is 36.8 Å². The van der Waals surface area contributed by atoms with Gasteiger partial charge in [-0.05, 0) is 45.7 Å². The van der Waals surface area contributed by atoms with E-state index in [1.54, 1.807) is 17.3 Å². The van der Waals surface area contributed by atoms with E-state index in [2.05, 4.69) is 25.5 Å². The molecule has 1 atom stereocenters. The fourth-order valence-electron chi connectivity index (χ4n) is 3.36. The van der Waals surface area contributed by atoms with E-state index in [1.165, 1.54) is 0 Å². The zero-order valence-electron chi connectivity index (χ0n) is 16.9. The van der Waals surface area contributed by atoms with Crippen molar-refractivity contribution in [1.82, 2.24) is 29.5 Å². The number of pyridine rings is 1. The molecule has 9 nitrogen and oxygen atoms in total. The van der Waals surface area contributed by atoms with Crippen molar-refractivity contribution in [3.8, 4) is 11.5 Å². The summed E-state index contributed by atoms with van der Waals surface area (Å²) in [6.45, 7) is 6.89. The topological polar surface area (TPSA) is 97.5 Å². The monoisotopic (exact) mass is 395 g/mol. The second kappa shape index (κ2) is 7.65. The first-order chi connectivity index (χ1) is 13.9. The van der Waals surface area contributed by atoms with Gasteiger partial charge in [-0.3, -0.25) is 9.38 Å². The van der Waals surface area contributed by atoms with Crippen LogP contribution in [0.1, 0.15) is 33.6 Å². The van der Waals surface area contributed by atoms with Crippen LogP contribution in [0.5, 0.6) is 0 Å². The van der Waals surface area contributed by atoms with Crippen molar-refractivity contribution < 1.29 is 9.53 Å². The zero-order chi connectivity index (χ0) is 20.4. The number of carbonyl (C=O) groups excluding carboxylic acids is 1. The molecule has 9 heteroatoms. The van der Waals surface area contributed by atoms with Crippen LogP contribution < -0.4 is 5.32 Å². The molecule has 152 valence electrons. The van der Waals surface area contributed by atoms with Gasteiger partial charge in [-0.1, -0.05) is 6.07 Å². The summed E-state index contributed by atoms with van der Waals surface area (Å²) in [7, 11) is 0. The average molecular weight is 395 g/mol. The van der Waals surface area contributed by atoms with Crippen LogP contribution in [0.2, 0.25) is 0 Å². The van der Waals surface area contributed by atoms with Gasteiger partial charge in [0.15, 0.2) is 11.5 Å². The zero-order valence-corrected chi connectivity index (χ0v) is 16.9. The molecular weight excluding hydrogens is 370 g/mol. The minimum Gasteiger partial charge on any atom is -0.444 e. The predicted octanol–water partition coefficient (Wildman–Crippen LogP) is 3.00. The first kappa shape index (κ1) is 19.1. The molecule has 1 aliphatic rings. The van der Waals surface area contributed by atoms with E-state index in [-0.39, 0.29) is 12.1 Å². The molecule has 3 aromatic rings. The Morgan fingerprint density at radius 1 is 1.24 bits per heavy atom. The number of hydrogen-bond donors (Lipinski definition) is 1. The number of hydrogen-bond acceptors (Lipinski definition) is 7. The largest absolute Gasteiger partial charge is 0.444 e. The van der Waals surface area contributed by atoms with Gasteiger partial charge in [0.25, 0.3) is 0 Å². The molecule has 0 radical (unpaired) electrons. The highest BCUT2D eigenvalue weighted by molar-refractivity contribution is 5.68. The van der Waals surface area contributed by atoms with Gasteiger partial charge >= 0.3 is 6.09 Å². The van der Waals surface area contributed by atoms with Crippen LogP contribution >= 0.6 is 0 Å². The van der Waals surface area contributed by atoms with Crippen LogP contribution in [0.3, 0.4) is 0 Å². The summed E-state index contributed by atoms with van der Waals surface area (Å²) >= 11 is 0. The van der Waals surface area contributed by atoms with Gasteiger partial charge in [-0.2, -0.15) is 0 Å². The first-order valence-corrected chi connectivity index (χ1v) is 9.76. The Morgan fingerprint density at radius 3 is 2.93 bits per heavy atom. The van der Waals surface area contributed by atoms with Gasteiger partial charge in [0.05, 0.1) is 12.4 Å². The number of rotatable bonds is 3. The van der Waals surface area contributed by atoms with E-state index in [1.807, 2.05) is 49.6 Å². The van der Waals surface area contributed by atoms with Crippen LogP contribution in [-0.2, 0) is 4.74 Å². The Labute approximate surface area is 169 Å². The lowest BCUT2D eigenvalue weighted by atomic mass is 10.1. The SMILES string of the molecule is CC(C)(C)OC(=O)N1CCC[C@@H](Nc2cncc(-c3nnc4ccccn34)n2)C1. The van der Waals surface area contributed by atoms with Crippen molar-refractivity contribution in [2.45, 2.75) is 45.3 Å². The minimum absolute atomic E-state index is 0.0796. The van der Waals surface area contributed by atoms with Crippen molar-refractivity contribution in [2.75, 3.05) is 18.4 Å². The standard InChI is InChI=1S/C20H25N7O2/c1-20(2,3)29-19(28)26-9-6-7-14(13-26)22-16-12-21-11-15(23-16)18-25-24-17-8-4-5-10-27(17)18/h4-5,8,10-12,14H,6-7,9,13H2,1-3H3,(H,22,23)/t14-/m1/s1. The number of nitrogens with zero attached hydrogens (tertiary/aromatic N) is 6. The smallest absolute Gasteiger partial charge is 0.410 e. The van der Waals surface area contributed by atoms with Crippen molar-refractivity contribution in [3.05, 3.63) is 36.8 Å². The van der Waals surface area contributed by atoms with Gasteiger partial charge in [0, 0.05) is 25.3 Å². The van der Waals surface area contributed by atoms with Crippen molar-refractivity contribution in [3.63, 3.8) is 0 Å². The summed E-state index contributed by atoms with van der Waals surface area (Å²) in [5.41, 5.74) is 0.884. The Kier molecular flexibility index (Phi) is 5.04. The third-order valence-corrected chi connectivity index (χ3v) is 4.60. The molecule has 0 aromatic carbocycles. The molecule has 0 saturated carbocycles. The highest BCUT2D eigenvalue weighted by atomic mass is 16.6. The number of fused-ring (bicyclic) bond motifs is 1. The maximum atomic E-state index is 12.4. The Balaban J connectivity index is 1.47. The maximum absolute atomic E-state index is 12.4. The molecule has 1 amide bonds. The molecule has 0 spiro atoms. The van der Waals surface area contributed by atoms with Gasteiger partial charge in [-0.25, -0.2) is 9.78 Å². The highest BCUT2D eigenvalue weighted by Crippen LogP contribution is 2.20. The van der Waals surface area contributed by atoms with Crippen LogP contribution in [0.25, 0.3) is 17.2 Å². The summed E-state index contributed by atoms with van der Waals surface area (Å²) in [5, 5.41) is 11.8. The number of piperidine rings is 1. The summed E-state index contributed by atoms with van der Waals surface area (Å²) in [6, 6.07) is 5.80. The molecule has 1 saturated heterocycles. The molecule has 0 bridgehead atoms. The number of carbonyl (C=O) groups is 1. The first-order valence-electron chi connectivity index (χ1n) is 9.76. The summed E-state index contributed by atoms with van der Waals surface area (Å²) < 4.78 is 7.37. The molecule has 3 aromatic heterocycles. The van der Waals surface area contributed by atoms with Crippen molar-refractivity contribution in [2.24, 2.45) is 0 Å². The second-order valence-electron chi connectivity index (χ2n) is 8.15. The van der Waals surface area contributed by atoms with E-state index >= 15 is 0 Å². The van der Waals surface area contributed by atoms with Crippen LogP contribution in [0, 0.1) is 0 Å². The lowest BCUT2D eigenvalue weighted by molar-refractivity contribution is 0.0206. The Bertz CT molecular complexity index is 1010. The number of aromatic nitrogens is 5. The van der Waals surface area contributed by atoms with Gasteiger partial charge in [-0.15, -0.1) is 10.2 Å². The normalized spacial score (nSPS) is 17.3. The van der Waals surface area contributed by atoms with Crippen molar-refractivity contribution in [1.29, 1.82) is 0 Å². The minimum atomic E-state index is -0.502. The average Bonchev–Trinajstić information content (AvgIpc) is 3.11. The van der Waals surface area contributed by atoms with E-state index in [0.717, 1.165) is 18.5 Å². The van der Waals surface area contributed by atoms with Crippen LogP contribution in [0.4, 0.5) is 10.6 Å². The van der Waals surface area contributed by atoms with Gasteiger partial charge < -0.3 is 15.0 Å². The van der Waals surface area contributed by atoms with Crippen LogP contribution in [-0.4, -0.2) is 60.3 Å². The van der Waals surface area contributed by atoms with E-state index in [0.29, 0.717) is 30.4 Å². The molecule has 1 aliphatic heterocycles. The summed E-state index contributed by atoms with van der Waals surface area (Å²) in [5.74, 6) is 1.28. The summed E-state index contributed by atoms with van der Waals surface area (Å²) in [4.78, 5) is 23.1. The molecule has 1 N–H and O–H groups in total. The van der Waals surface area contributed by atoms with Gasteiger partial charge in [0.1, 0.15) is 17.1 Å². The summed E-state index contributed by atoms with van der Waals surface area (Å²) in [6.07, 6.45) is 6.81. The van der Waals surface area contributed by atoms with E-state index < -0.39 is 5.60 Å². The highest BCUT2D eigenvalue weighted by Gasteiger charge is 2.27. The van der Waals surface area contributed by atoms with Crippen molar-refractivity contribution >= 4 is 17.6 Å². The quantitative estimate of drug-likeness (QED) is 0.728. The molecule has 29 heavy (non-hydrogen) atoms. The second-order valence-corrected chi connectivity index (χ2v) is 8.15. The molecule has 0 aliphatic carbocycles. The molecule has 0 unspecified atom stereocenters. The third kappa shape index (κ3) is 4.44. The third-order valence-electron chi connectivity index (χ3n) is 4.60. The number of nitrogens with one attached hydrogen (secondary N) is 1. The predicted molar refractivity (Wildman–Crippen MR) is 108 cm³/mol. The molecule has 4 rings (SSSR count). The molecule has 4 heterocycles.